The highest BCUT2D eigenvalue weighted by atomic mass is 15.3. The van der Waals surface area contributed by atoms with Crippen molar-refractivity contribution in [2.75, 3.05) is 0 Å². The molecule has 7 aliphatic rings. The zero-order valence-corrected chi connectivity index (χ0v) is 24.0. The van der Waals surface area contributed by atoms with Crippen molar-refractivity contribution in [1.29, 1.82) is 0 Å². The van der Waals surface area contributed by atoms with E-state index in [1.165, 1.54) is 90.0 Å². The summed E-state index contributed by atoms with van der Waals surface area (Å²) in [5.74, 6) is 1.42. The van der Waals surface area contributed by atoms with E-state index in [-0.39, 0.29) is 0 Å². The number of nitrogens with one attached hydrogen (secondary N) is 1. The van der Waals surface area contributed by atoms with Crippen molar-refractivity contribution in [2.24, 2.45) is 11.8 Å². The van der Waals surface area contributed by atoms with Gasteiger partial charge in [-0.25, -0.2) is 0 Å². The zero-order valence-electron chi connectivity index (χ0n) is 24.0. The fraction of sp³-hybridized carbons (Fsp3) is 0.421. The molecule has 1 aromatic rings. The molecule has 0 bridgehead atoms. The van der Waals surface area contributed by atoms with E-state index in [0.717, 1.165) is 31.6 Å². The lowest BCUT2D eigenvalue weighted by molar-refractivity contribution is 0.291. The van der Waals surface area contributed by atoms with E-state index in [0.29, 0.717) is 12.1 Å². The minimum absolute atomic E-state index is 0.295. The quantitative estimate of drug-likeness (QED) is 0.411. The fourth-order valence-electron chi connectivity index (χ4n) is 8.62. The molecule has 3 unspecified atom stereocenters. The molecule has 0 radical (unpaired) electrons. The third-order valence-corrected chi connectivity index (χ3v) is 10.6. The van der Waals surface area contributed by atoms with Crippen molar-refractivity contribution in [3.8, 4) is 0 Å². The number of rotatable bonds is 3. The average Bonchev–Trinajstić information content (AvgIpc) is 3.41. The van der Waals surface area contributed by atoms with Gasteiger partial charge in [0.2, 0.25) is 0 Å². The summed E-state index contributed by atoms with van der Waals surface area (Å²) in [6.45, 7) is 2.37. The van der Waals surface area contributed by atoms with E-state index < -0.39 is 0 Å². The van der Waals surface area contributed by atoms with Gasteiger partial charge in [0.25, 0.3) is 0 Å². The first-order valence-electron chi connectivity index (χ1n) is 16.0. The molecule has 2 nitrogen and oxygen atoms in total. The Morgan fingerprint density at radius 1 is 0.850 bits per heavy atom. The summed E-state index contributed by atoms with van der Waals surface area (Å²) < 4.78 is 0. The molecule has 0 saturated carbocycles. The molecular formula is C38H42N2. The zero-order chi connectivity index (χ0) is 26.6. The van der Waals surface area contributed by atoms with Crippen LogP contribution >= 0.6 is 0 Å². The molecule has 0 saturated heterocycles. The van der Waals surface area contributed by atoms with Crippen molar-refractivity contribution in [2.45, 2.75) is 90.1 Å². The van der Waals surface area contributed by atoms with E-state index in [1.807, 2.05) is 0 Å². The number of nitrogens with zero attached hydrogens (tertiary/aromatic N) is 1. The smallest absolute Gasteiger partial charge is 0.125 e. The van der Waals surface area contributed by atoms with Crippen molar-refractivity contribution >= 4 is 23.8 Å². The van der Waals surface area contributed by atoms with Gasteiger partial charge in [0.05, 0.1) is 5.70 Å². The summed E-state index contributed by atoms with van der Waals surface area (Å²) in [5, 5.41) is 7.08. The van der Waals surface area contributed by atoms with Gasteiger partial charge in [-0.2, -0.15) is 0 Å². The van der Waals surface area contributed by atoms with Crippen LogP contribution in [0.3, 0.4) is 0 Å². The monoisotopic (exact) mass is 526 g/mol. The SMILES string of the molecule is Cc1c2c(c(C3=CC4CC=C(C5NC6=C(C=CCC6)N5C5=CC=CCC5)CC4CC3)c3c1=CCCC=3)C=CCC2. The summed E-state index contributed by atoms with van der Waals surface area (Å²) in [5.41, 5.74) is 13.9. The predicted molar refractivity (Wildman–Crippen MR) is 168 cm³/mol. The number of hydrogen-bond donors (Lipinski definition) is 1. The van der Waals surface area contributed by atoms with Crippen LogP contribution in [0.1, 0.15) is 92.9 Å². The first-order chi connectivity index (χ1) is 19.8. The molecule has 3 atom stereocenters. The summed E-state index contributed by atoms with van der Waals surface area (Å²) in [6.07, 6.45) is 41.5. The maximum atomic E-state index is 4.00. The Balaban J connectivity index is 1.13. The topological polar surface area (TPSA) is 15.3 Å². The molecule has 40 heavy (non-hydrogen) atoms. The highest BCUT2D eigenvalue weighted by Gasteiger charge is 2.39. The molecule has 0 aromatic heterocycles. The molecule has 8 rings (SSSR count). The van der Waals surface area contributed by atoms with Gasteiger partial charge in [-0.3, -0.25) is 0 Å². The van der Waals surface area contributed by atoms with Crippen LogP contribution in [0.2, 0.25) is 0 Å². The van der Waals surface area contributed by atoms with Crippen LogP contribution < -0.4 is 15.8 Å². The first kappa shape index (κ1) is 24.5. The van der Waals surface area contributed by atoms with E-state index in [2.05, 4.69) is 84.0 Å². The average molecular weight is 527 g/mol. The van der Waals surface area contributed by atoms with E-state index in [9.17, 15) is 0 Å². The number of allylic oxidation sites excluding steroid dienone is 11. The molecule has 1 aliphatic heterocycles. The molecule has 1 heterocycles. The molecule has 1 N–H and O–H groups in total. The third kappa shape index (κ3) is 3.98. The van der Waals surface area contributed by atoms with Crippen LogP contribution in [0.4, 0.5) is 0 Å². The Labute approximate surface area is 239 Å². The predicted octanol–water partition coefficient (Wildman–Crippen LogP) is 7.47. The van der Waals surface area contributed by atoms with E-state index in [1.54, 1.807) is 22.3 Å². The maximum absolute atomic E-state index is 4.00. The lowest BCUT2D eigenvalue weighted by Gasteiger charge is -2.39. The van der Waals surface area contributed by atoms with Crippen LogP contribution in [0.15, 0.2) is 71.3 Å². The van der Waals surface area contributed by atoms with Gasteiger partial charge < -0.3 is 10.2 Å². The van der Waals surface area contributed by atoms with Gasteiger partial charge in [0, 0.05) is 11.4 Å². The van der Waals surface area contributed by atoms with Gasteiger partial charge >= 0.3 is 0 Å². The van der Waals surface area contributed by atoms with Gasteiger partial charge in [0.15, 0.2) is 0 Å². The second-order valence-corrected chi connectivity index (χ2v) is 12.9. The standard InChI is InChI=1S/C38H42N2/c1-25-31-13-5-7-15-33(31)37(34-16-8-6-14-32(25)34)28-21-19-27-24-29(22-20-26(27)23-28)38-39-35-17-9-10-18-36(35)40(38)30-11-3-2-4-12-30/h2-3,7,10-11,14-16,18,22-23,26-27,38-39H,4-6,8-9,12-13,17,19-21,24H2,1H3. The van der Waals surface area contributed by atoms with Crippen molar-refractivity contribution < 1.29 is 0 Å². The minimum Gasteiger partial charge on any atom is -0.363 e. The van der Waals surface area contributed by atoms with Crippen molar-refractivity contribution in [1.82, 2.24) is 10.2 Å². The fourth-order valence-corrected chi connectivity index (χ4v) is 8.62. The Morgan fingerprint density at radius 2 is 1.70 bits per heavy atom. The lowest BCUT2D eigenvalue weighted by Crippen LogP contribution is -2.41. The molecule has 6 aliphatic carbocycles. The third-order valence-electron chi connectivity index (χ3n) is 10.6. The molecule has 1 aromatic carbocycles. The van der Waals surface area contributed by atoms with Gasteiger partial charge in [0.1, 0.15) is 6.17 Å². The minimum atomic E-state index is 0.295. The van der Waals surface area contributed by atoms with Gasteiger partial charge in [-0.05, 0) is 152 Å². The van der Waals surface area contributed by atoms with Crippen molar-refractivity contribution in [3.05, 3.63) is 104 Å². The molecule has 0 amide bonds. The Hall–Kier alpha value is -3.26. The molecule has 0 spiro atoms. The first-order valence-corrected chi connectivity index (χ1v) is 16.0. The summed E-state index contributed by atoms with van der Waals surface area (Å²) in [6, 6.07) is 0. The number of hydrogen-bond acceptors (Lipinski definition) is 2. The van der Waals surface area contributed by atoms with E-state index in [4.69, 9.17) is 0 Å². The highest BCUT2D eigenvalue weighted by molar-refractivity contribution is 5.80. The summed E-state index contributed by atoms with van der Waals surface area (Å²) >= 11 is 0. The summed E-state index contributed by atoms with van der Waals surface area (Å²) in [7, 11) is 0. The van der Waals surface area contributed by atoms with Gasteiger partial charge in [-0.1, -0.05) is 54.7 Å². The second kappa shape index (κ2) is 9.98. The lowest BCUT2D eigenvalue weighted by atomic mass is 9.70. The number of fused-ring (bicyclic) bond motifs is 3. The largest absolute Gasteiger partial charge is 0.363 e. The Morgan fingerprint density at radius 3 is 2.60 bits per heavy atom. The van der Waals surface area contributed by atoms with Crippen molar-refractivity contribution in [3.63, 3.8) is 0 Å². The second-order valence-electron chi connectivity index (χ2n) is 12.9. The van der Waals surface area contributed by atoms with Crippen LogP contribution in [0, 0.1) is 18.8 Å². The normalized spacial score (nSPS) is 28.3. The van der Waals surface area contributed by atoms with Crippen LogP contribution in [-0.2, 0) is 6.42 Å². The Bertz CT molecular complexity index is 1600. The van der Waals surface area contributed by atoms with E-state index >= 15 is 0 Å². The Kier molecular flexibility index (Phi) is 6.12. The maximum Gasteiger partial charge on any atom is 0.125 e. The molecule has 204 valence electrons. The highest BCUT2D eigenvalue weighted by Crippen LogP contribution is 2.45. The van der Waals surface area contributed by atoms with Crippen LogP contribution in [-0.4, -0.2) is 11.1 Å². The molecule has 0 fully saturated rings. The summed E-state index contributed by atoms with van der Waals surface area (Å²) in [4.78, 5) is 2.65. The van der Waals surface area contributed by atoms with Gasteiger partial charge in [-0.15, -0.1) is 0 Å². The number of benzene rings is 1. The molecular weight excluding hydrogens is 484 g/mol. The van der Waals surface area contributed by atoms with Crippen LogP contribution in [0.25, 0.3) is 23.8 Å². The molecule has 2 heteroatoms. The van der Waals surface area contributed by atoms with Crippen LogP contribution in [0.5, 0.6) is 0 Å².